The highest BCUT2D eigenvalue weighted by Gasteiger charge is 2.25. The number of fused-ring (bicyclic) bond motifs is 1. The van der Waals surface area contributed by atoms with Gasteiger partial charge in [0.05, 0.1) is 0 Å². The third-order valence-electron chi connectivity index (χ3n) is 3.69. The number of thiazole rings is 1. The highest BCUT2D eigenvalue weighted by molar-refractivity contribution is 7.15. The van der Waals surface area contributed by atoms with Gasteiger partial charge in [-0.2, -0.15) is 9.38 Å². The number of aromatic nitrogens is 2. The summed E-state index contributed by atoms with van der Waals surface area (Å²) in [5.74, 6) is 0.939. The molecule has 1 N–H and O–H groups in total. The Bertz CT molecular complexity index is 622. The van der Waals surface area contributed by atoms with E-state index in [1.807, 2.05) is 0 Å². The van der Waals surface area contributed by atoms with Gasteiger partial charge in [-0.3, -0.25) is 0 Å². The number of hydrogen-bond donors (Lipinski definition) is 1. The minimum absolute atomic E-state index is 0.0328. The van der Waals surface area contributed by atoms with Crippen molar-refractivity contribution >= 4 is 27.9 Å². The Hall–Kier alpha value is -1.67. The summed E-state index contributed by atoms with van der Waals surface area (Å²) in [6.45, 7) is 2.90. The van der Waals surface area contributed by atoms with Gasteiger partial charge in [-0.15, -0.1) is 0 Å². The van der Waals surface area contributed by atoms with E-state index in [1.54, 1.807) is 11.6 Å². The van der Waals surface area contributed by atoms with Crippen LogP contribution in [0.4, 0.5) is 11.6 Å². The average Bonchev–Trinajstić information content (AvgIpc) is 2.95. The molecule has 0 spiro atoms. The van der Waals surface area contributed by atoms with Crippen molar-refractivity contribution < 1.29 is 4.92 Å². The fourth-order valence-corrected chi connectivity index (χ4v) is 3.46. The first kappa shape index (κ1) is 13.3. The molecule has 0 aromatic carbocycles. The molecular formula is C12H17N5O2S. The number of nitrogens with one attached hydrogen (secondary N) is 1. The molecule has 1 atom stereocenters. The molecule has 2 aromatic rings. The molecule has 0 saturated carbocycles. The van der Waals surface area contributed by atoms with Crippen LogP contribution in [0.5, 0.6) is 0 Å². The summed E-state index contributed by atoms with van der Waals surface area (Å²) in [5.41, 5.74) is 0. The normalized spacial score (nSPS) is 20.4. The van der Waals surface area contributed by atoms with Gasteiger partial charge in [-0.25, -0.2) is 0 Å². The van der Waals surface area contributed by atoms with Crippen LogP contribution in [0.2, 0.25) is 0 Å². The van der Waals surface area contributed by atoms with E-state index in [-0.39, 0.29) is 10.7 Å². The Morgan fingerprint density at radius 2 is 2.50 bits per heavy atom. The highest BCUT2D eigenvalue weighted by Crippen LogP contribution is 2.28. The van der Waals surface area contributed by atoms with Crippen molar-refractivity contribution in [3.8, 4) is 0 Å². The van der Waals surface area contributed by atoms with Gasteiger partial charge in [0.1, 0.15) is 6.20 Å². The Kier molecular flexibility index (Phi) is 3.58. The molecule has 1 unspecified atom stereocenters. The summed E-state index contributed by atoms with van der Waals surface area (Å²) in [5, 5.41) is 16.2. The molecule has 20 heavy (non-hydrogen) atoms. The van der Waals surface area contributed by atoms with E-state index in [4.69, 9.17) is 0 Å². The molecule has 8 heteroatoms. The van der Waals surface area contributed by atoms with Gasteiger partial charge in [-0.1, -0.05) is 11.3 Å². The van der Waals surface area contributed by atoms with Crippen molar-refractivity contribution in [2.75, 3.05) is 32.0 Å². The molecule has 0 amide bonds. The summed E-state index contributed by atoms with van der Waals surface area (Å²) >= 11 is 1.40. The summed E-state index contributed by atoms with van der Waals surface area (Å²) in [4.78, 5) is 18.1. The van der Waals surface area contributed by atoms with Crippen molar-refractivity contribution in [3.63, 3.8) is 0 Å². The van der Waals surface area contributed by atoms with Crippen LogP contribution in [-0.4, -0.2) is 45.9 Å². The van der Waals surface area contributed by atoms with Gasteiger partial charge in [0, 0.05) is 18.5 Å². The van der Waals surface area contributed by atoms with Crippen LogP contribution in [0.15, 0.2) is 11.6 Å². The second-order valence-corrected chi connectivity index (χ2v) is 6.12. The summed E-state index contributed by atoms with van der Waals surface area (Å²) < 4.78 is 1.53. The second-order valence-electron chi connectivity index (χ2n) is 5.25. The van der Waals surface area contributed by atoms with Gasteiger partial charge in [0.15, 0.2) is 0 Å². The van der Waals surface area contributed by atoms with E-state index >= 15 is 0 Å². The fourth-order valence-electron chi connectivity index (χ4n) is 2.75. The zero-order valence-electron chi connectivity index (χ0n) is 11.3. The standard InChI is InChI=1S/C12H17N5O2S/c1-15-4-2-3-9(8-15)7-13-10-11(17(18)19)16-5-6-20-12(16)14-10/h5-6,9,13H,2-4,7-8H2,1H3. The maximum atomic E-state index is 11.2. The van der Waals surface area contributed by atoms with Gasteiger partial charge in [0.25, 0.3) is 4.96 Å². The molecule has 2 aromatic heterocycles. The Labute approximate surface area is 120 Å². The number of imidazole rings is 1. The molecule has 0 bridgehead atoms. The number of anilines is 1. The minimum Gasteiger partial charge on any atom is -0.363 e. The number of piperidine rings is 1. The zero-order chi connectivity index (χ0) is 14.1. The molecule has 0 aliphatic carbocycles. The number of nitrogens with zero attached hydrogens (tertiary/aromatic N) is 4. The Balaban J connectivity index is 1.75. The number of likely N-dealkylation sites (tertiary alicyclic amines) is 1. The van der Waals surface area contributed by atoms with Crippen LogP contribution in [0, 0.1) is 16.0 Å². The van der Waals surface area contributed by atoms with E-state index in [1.165, 1.54) is 22.2 Å². The van der Waals surface area contributed by atoms with E-state index < -0.39 is 0 Å². The van der Waals surface area contributed by atoms with Crippen molar-refractivity contribution in [2.45, 2.75) is 12.8 Å². The molecule has 3 heterocycles. The van der Waals surface area contributed by atoms with Crippen LogP contribution in [-0.2, 0) is 0 Å². The second kappa shape index (κ2) is 5.37. The predicted octanol–water partition coefficient (Wildman–Crippen LogP) is 2.06. The van der Waals surface area contributed by atoms with Crippen LogP contribution in [0.1, 0.15) is 12.8 Å². The van der Waals surface area contributed by atoms with Crippen molar-refractivity contribution in [1.82, 2.24) is 14.3 Å². The quantitative estimate of drug-likeness (QED) is 0.690. The molecular weight excluding hydrogens is 278 g/mol. The SMILES string of the molecule is CN1CCCC(CNc2nc3sccn3c2[N+](=O)[O-])C1. The van der Waals surface area contributed by atoms with Gasteiger partial charge >= 0.3 is 5.82 Å². The molecule has 1 saturated heterocycles. The molecule has 3 rings (SSSR count). The molecule has 1 aliphatic heterocycles. The molecule has 1 fully saturated rings. The first-order valence-corrected chi connectivity index (χ1v) is 7.55. The first-order valence-electron chi connectivity index (χ1n) is 6.67. The maximum Gasteiger partial charge on any atom is 0.372 e. The molecule has 0 radical (unpaired) electrons. The summed E-state index contributed by atoms with van der Waals surface area (Å²) in [6, 6.07) is 0. The zero-order valence-corrected chi connectivity index (χ0v) is 12.1. The summed E-state index contributed by atoms with van der Waals surface area (Å²) in [7, 11) is 2.11. The summed E-state index contributed by atoms with van der Waals surface area (Å²) in [6.07, 6.45) is 4.03. The Morgan fingerprint density at radius 3 is 3.25 bits per heavy atom. The van der Waals surface area contributed by atoms with Crippen LogP contribution >= 0.6 is 11.3 Å². The lowest BCUT2D eigenvalue weighted by molar-refractivity contribution is -0.389. The number of hydrogen-bond acceptors (Lipinski definition) is 6. The van der Waals surface area contributed by atoms with Crippen molar-refractivity contribution in [1.29, 1.82) is 0 Å². The largest absolute Gasteiger partial charge is 0.372 e. The third kappa shape index (κ3) is 2.48. The van der Waals surface area contributed by atoms with E-state index in [9.17, 15) is 10.1 Å². The average molecular weight is 295 g/mol. The van der Waals surface area contributed by atoms with Crippen LogP contribution in [0.25, 0.3) is 4.96 Å². The van der Waals surface area contributed by atoms with E-state index in [2.05, 4.69) is 22.2 Å². The van der Waals surface area contributed by atoms with Crippen LogP contribution in [0.3, 0.4) is 0 Å². The lowest BCUT2D eigenvalue weighted by Crippen LogP contribution is -2.35. The van der Waals surface area contributed by atoms with Gasteiger partial charge < -0.3 is 20.3 Å². The topological polar surface area (TPSA) is 75.7 Å². The predicted molar refractivity (Wildman–Crippen MR) is 78.4 cm³/mol. The lowest BCUT2D eigenvalue weighted by Gasteiger charge is -2.29. The smallest absolute Gasteiger partial charge is 0.363 e. The maximum absolute atomic E-state index is 11.2. The van der Waals surface area contributed by atoms with Gasteiger partial charge in [0.2, 0.25) is 5.82 Å². The fraction of sp³-hybridized carbons (Fsp3) is 0.583. The monoisotopic (exact) mass is 295 g/mol. The highest BCUT2D eigenvalue weighted by atomic mass is 32.1. The lowest BCUT2D eigenvalue weighted by atomic mass is 9.98. The van der Waals surface area contributed by atoms with Crippen LogP contribution < -0.4 is 5.32 Å². The van der Waals surface area contributed by atoms with Crippen molar-refractivity contribution in [3.05, 3.63) is 21.7 Å². The Morgan fingerprint density at radius 1 is 1.65 bits per heavy atom. The van der Waals surface area contributed by atoms with Crippen molar-refractivity contribution in [2.24, 2.45) is 5.92 Å². The number of rotatable bonds is 4. The van der Waals surface area contributed by atoms with Gasteiger partial charge in [-0.05, 0) is 37.3 Å². The molecule has 1 aliphatic rings. The molecule has 7 nitrogen and oxygen atoms in total. The first-order chi connectivity index (χ1) is 9.65. The molecule has 108 valence electrons. The third-order valence-corrected chi connectivity index (χ3v) is 4.45. The number of nitro groups is 1. The van der Waals surface area contributed by atoms with E-state index in [0.717, 1.165) is 26.1 Å². The minimum atomic E-state index is -0.373. The van der Waals surface area contributed by atoms with E-state index in [0.29, 0.717) is 16.7 Å².